The summed E-state index contributed by atoms with van der Waals surface area (Å²) in [6.07, 6.45) is 1.81. The Balaban J connectivity index is 2.45. The third-order valence-electron chi connectivity index (χ3n) is 2.10. The number of benzene rings is 1. The molecule has 0 fully saturated rings. The second kappa shape index (κ2) is 7.06. The SMILES string of the molecule is COC(=O)c1ccc(CCSCC=O)cc1. The highest BCUT2D eigenvalue weighted by atomic mass is 32.2. The molecule has 1 aromatic carbocycles. The summed E-state index contributed by atoms with van der Waals surface area (Å²) in [4.78, 5) is 21.3. The van der Waals surface area contributed by atoms with E-state index in [1.807, 2.05) is 12.1 Å². The van der Waals surface area contributed by atoms with Crippen molar-refractivity contribution in [3.05, 3.63) is 35.4 Å². The van der Waals surface area contributed by atoms with E-state index in [9.17, 15) is 9.59 Å². The van der Waals surface area contributed by atoms with Crippen molar-refractivity contribution in [2.75, 3.05) is 18.6 Å². The Labute approximate surface area is 99.2 Å². The van der Waals surface area contributed by atoms with Gasteiger partial charge in [-0.15, -0.1) is 0 Å². The monoisotopic (exact) mass is 238 g/mol. The summed E-state index contributed by atoms with van der Waals surface area (Å²) in [5, 5.41) is 0. The van der Waals surface area contributed by atoms with Crippen molar-refractivity contribution in [2.45, 2.75) is 6.42 Å². The second-order valence-electron chi connectivity index (χ2n) is 3.18. The molecule has 0 bridgehead atoms. The maximum atomic E-state index is 11.2. The van der Waals surface area contributed by atoms with Crippen LogP contribution in [0.3, 0.4) is 0 Å². The van der Waals surface area contributed by atoms with Crippen molar-refractivity contribution < 1.29 is 14.3 Å². The van der Waals surface area contributed by atoms with Crippen LogP contribution >= 0.6 is 11.8 Å². The van der Waals surface area contributed by atoms with Gasteiger partial charge in [0.15, 0.2) is 0 Å². The highest BCUT2D eigenvalue weighted by molar-refractivity contribution is 7.99. The van der Waals surface area contributed by atoms with Gasteiger partial charge in [0.2, 0.25) is 0 Å². The number of methoxy groups -OCH3 is 1. The molecule has 3 nitrogen and oxygen atoms in total. The smallest absolute Gasteiger partial charge is 0.337 e. The van der Waals surface area contributed by atoms with Crippen molar-refractivity contribution in [1.29, 1.82) is 0 Å². The van der Waals surface area contributed by atoms with Crippen LogP contribution in [0.15, 0.2) is 24.3 Å². The highest BCUT2D eigenvalue weighted by Crippen LogP contribution is 2.09. The third-order valence-corrected chi connectivity index (χ3v) is 2.96. The van der Waals surface area contributed by atoms with Gasteiger partial charge in [0.05, 0.1) is 12.7 Å². The van der Waals surface area contributed by atoms with Gasteiger partial charge in [-0.25, -0.2) is 4.79 Å². The molecule has 1 rings (SSSR count). The summed E-state index contributed by atoms with van der Waals surface area (Å²) in [5.41, 5.74) is 1.72. The van der Waals surface area contributed by atoms with E-state index in [-0.39, 0.29) is 5.97 Å². The molecule has 0 aromatic heterocycles. The first-order valence-corrected chi connectivity index (χ1v) is 6.12. The van der Waals surface area contributed by atoms with Gasteiger partial charge in [-0.1, -0.05) is 12.1 Å². The van der Waals surface area contributed by atoms with E-state index in [4.69, 9.17) is 0 Å². The zero-order chi connectivity index (χ0) is 11.8. The van der Waals surface area contributed by atoms with Crippen molar-refractivity contribution in [1.82, 2.24) is 0 Å². The van der Waals surface area contributed by atoms with Crippen LogP contribution in [0.5, 0.6) is 0 Å². The zero-order valence-corrected chi connectivity index (χ0v) is 9.96. The van der Waals surface area contributed by atoms with Gasteiger partial charge in [-0.3, -0.25) is 0 Å². The van der Waals surface area contributed by atoms with E-state index in [0.29, 0.717) is 11.3 Å². The molecule has 86 valence electrons. The highest BCUT2D eigenvalue weighted by Gasteiger charge is 2.03. The number of ether oxygens (including phenoxy) is 1. The van der Waals surface area contributed by atoms with Crippen LogP contribution in [0.2, 0.25) is 0 Å². The molecule has 0 heterocycles. The van der Waals surface area contributed by atoms with Crippen LogP contribution in [0.4, 0.5) is 0 Å². The zero-order valence-electron chi connectivity index (χ0n) is 9.14. The number of hydrogen-bond donors (Lipinski definition) is 0. The summed E-state index contributed by atoms with van der Waals surface area (Å²) < 4.78 is 4.61. The molecule has 0 unspecified atom stereocenters. The van der Waals surface area contributed by atoms with E-state index < -0.39 is 0 Å². The first kappa shape index (κ1) is 12.8. The third kappa shape index (κ3) is 4.06. The number of esters is 1. The van der Waals surface area contributed by atoms with Crippen LogP contribution in [-0.2, 0) is 16.0 Å². The minimum absolute atomic E-state index is 0.318. The van der Waals surface area contributed by atoms with Gasteiger partial charge in [0, 0.05) is 5.75 Å². The fourth-order valence-corrected chi connectivity index (χ4v) is 1.89. The predicted molar refractivity (Wildman–Crippen MR) is 64.9 cm³/mol. The number of hydrogen-bond acceptors (Lipinski definition) is 4. The first-order chi connectivity index (χ1) is 7.77. The largest absolute Gasteiger partial charge is 0.465 e. The van der Waals surface area contributed by atoms with Crippen LogP contribution in [0, 0.1) is 0 Å². The molecule has 0 aliphatic carbocycles. The first-order valence-electron chi connectivity index (χ1n) is 4.96. The second-order valence-corrected chi connectivity index (χ2v) is 4.33. The number of carbonyl (C=O) groups is 2. The van der Waals surface area contributed by atoms with Crippen LogP contribution < -0.4 is 0 Å². The number of thioether (sulfide) groups is 1. The van der Waals surface area contributed by atoms with E-state index in [0.717, 1.165) is 24.0 Å². The molecule has 1 aromatic rings. The van der Waals surface area contributed by atoms with Gasteiger partial charge in [-0.05, 0) is 29.9 Å². The Morgan fingerprint density at radius 2 is 2.06 bits per heavy atom. The average molecular weight is 238 g/mol. The summed E-state index contributed by atoms with van der Waals surface area (Å²) in [7, 11) is 1.37. The Bertz CT molecular complexity index is 346. The molecule has 0 N–H and O–H groups in total. The van der Waals surface area contributed by atoms with E-state index in [1.54, 1.807) is 23.9 Å². The van der Waals surface area contributed by atoms with Crippen LogP contribution in [-0.4, -0.2) is 30.9 Å². The number of carbonyl (C=O) groups excluding carboxylic acids is 2. The standard InChI is InChI=1S/C12H14O3S/c1-15-12(14)11-4-2-10(3-5-11)6-8-16-9-7-13/h2-5,7H,6,8-9H2,1H3. The van der Waals surface area contributed by atoms with Crippen LogP contribution in [0.25, 0.3) is 0 Å². The molecule has 0 spiro atoms. The molecule has 4 heteroatoms. The maximum absolute atomic E-state index is 11.2. The summed E-state index contributed by atoms with van der Waals surface area (Å²) in [6, 6.07) is 7.33. The summed E-state index contributed by atoms with van der Waals surface area (Å²) >= 11 is 1.60. The molecular weight excluding hydrogens is 224 g/mol. The predicted octanol–water partition coefficient (Wildman–Crippen LogP) is 1.95. The van der Waals surface area contributed by atoms with Crippen molar-refractivity contribution >= 4 is 24.0 Å². The lowest BCUT2D eigenvalue weighted by atomic mass is 10.1. The summed E-state index contributed by atoms with van der Waals surface area (Å²) in [5.74, 6) is 1.14. The Kier molecular flexibility index (Phi) is 5.64. The Hall–Kier alpha value is -1.29. The molecule has 0 saturated heterocycles. The molecule has 0 amide bonds. The van der Waals surface area contributed by atoms with Crippen molar-refractivity contribution in [3.63, 3.8) is 0 Å². The molecule has 0 aliphatic rings. The van der Waals surface area contributed by atoms with E-state index in [1.165, 1.54) is 7.11 Å². The lowest BCUT2D eigenvalue weighted by Crippen LogP contribution is -2.01. The van der Waals surface area contributed by atoms with E-state index >= 15 is 0 Å². The number of aryl methyl sites for hydroxylation is 1. The molecule has 0 aliphatic heterocycles. The van der Waals surface area contributed by atoms with Gasteiger partial charge < -0.3 is 9.53 Å². The molecule has 16 heavy (non-hydrogen) atoms. The minimum Gasteiger partial charge on any atom is -0.465 e. The molecular formula is C12H14O3S. The molecule has 0 radical (unpaired) electrons. The van der Waals surface area contributed by atoms with Crippen molar-refractivity contribution in [2.24, 2.45) is 0 Å². The number of aldehydes is 1. The van der Waals surface area contributed by atoms with Crippen molar-refractivity contribution in [3.8, 4) is 0 Å². The quantitative estimate of drug-likeness (QED) is 0.431. The molecule has 0 atom stereocenters. The van der Waals surface area contributed by atoms with Crippen LogP contribution in [0.1, 0.15) is 15.9 Å². The fourth-order valence-electron chi connectivity index (χ4n) is 1.25. The van der Waals surface area contributed by atoms with E-state index in [2.05, 4.69) is 4.74 Å². The van der Waals surface area contributed by atoms with Gasteiger partial charge in [0.1, 0.15) is 6.29 Å². The van der Waals surface area contributed by atoms with Gasteiger partial charge in [-0.2, -0.15) is 11.8 Å². The summed E-state index contributed by atoms with van der Waals surface area (Å²) in [6.45, 7) is 0. The number of rotatable bonds is 6. The lowest BCUT2D eigenvalue weighted by molar-refractivity contribution is -0.105. The Morgan fingerprint density at radius 1 is 1.38 bits per heavy atom. The van der Waals surface area contributed by atoms with Gasteiger partial charge >= 0.3 is 5.97 Å². The maximum Gasteiger partial charge on any atom is 0.337 e. The normalized spacial score (nSPS) is 9.81. The topological polar surface area (TPSA) is 43.4 Å². The molecule has 0 saturated carbocycles. The average Bonchev–Trinajstić information content (AvgIpc) is 2.34. The Morgan fingerprint density at radius 3 is 2.62 bits per heavy atom. The lowest BCUT2D eigenvalue weighted by Gasteiger charge is -2.02. The minimum atomic E-state index is -0.318. The fraction of sp³-hybridized carbons (Fsp3) is 0.333. The van der Waals surface area contributed by atoms with Gasteiger partial charge in [0.25, 0.3) is 0 Å².